The molecule has 0 spiro atoms. The number of aromatic nitrogens is 1. The van der Waals surface area contributed by atoms with Crippen molar-refractivity contribution in [3.05, 3.63) is 345 Å². The van der Waals surface area contributed by atoms with Crippen LogP contribution in [0, 0.1) is 0 Å². The highest BCUT2D eigenvalue weighted by Gasteiger charge is 2.49. The SMILES string of the molecule is CC(C)(C)c1cc2c3c(c1)N(c1c(-c4ccccc4)cccc1-c1ccccc1)c1cc(-n4c5ccccc5c5ccccc54)ccc1B3c1cc3c(cc1O2)N(c1c(-c2ccccc2)cccc1-c1ccccc1)c1cc(C(C)(C)C)cc2c1B3c1ccc(-c3cccc(-c4ccccc4)c3)cc1O2. The van der Waals surface area contributed by atoms with E-state index in [-0.39, 0.29) is 24.3 Å². The summed E-state index contributed by atoms with van der Waals surface area (Å²) in [5, 5.41) is 2.44. The average molecular weight is 1350 g/mol. The van der Waals surface area contributed by atoms with Crippen molar-refractivity contribution in [1.29, 1.82) is 0 Å². The van der Waals surface area contributed by atoms with Crippen molar-refractivity contribution in [1.82, 2.24) is 4.57 Å². The number of hydrogen-bond donors (Lipinski definition) is 0. The number of fused-ring (bicyclic) bond motifs is 11. The Morgan fingerprint density at radius 3 is 1.11 bits per heavy atom. The van der Waals surface area contributed by atoms with Crippen molar-refractivity contribution in [3.63, 3.8) is 0 Å². The predicted molar refractivity (Wildman–Crippen MR) is 443 cm³/mol. The van der Waals surface area contributed by atoms with Crippen LogP contribution in [0.5, 0.6) is 23.0 Å². The molecule has 105 heavy (non-hydrogen) atoms. The van der Waals surface area contributed by atoms with Crippen LogP contribution in [0.15, 0.2) is 334 Å². The first kappa shape index (κ1) is 62.2. The first-order chi connectivity index (χ1) is 51.4. The molecular weight excluding hydrogens is 1270 g/mol. The van der Waals surface area contributed by atoms with Crippen molar-refractivity contribution < 1.29 is 9.47 Å². The molecule has 0 unspecified atom stereocenters. The minimum atomic E-state index is -0.298. The van der Waals surface area contributed by atoms with Gasteiger partial charge in [0.1, 0.15) is 23.0 Å². The molecule has 20 rings (SSSR count). The van der Waals surface area contributed by atoms with Crippen LogP contribution < -0.4 is 52.1 Å². The van der Waals surface area contributed by atoms with Crippen molar-refractivity contribution in [2.45, 2.75) is 52.4 Å². The van der Waals surface area contributed by atoms with Gasteiger partial charge in [0.15, 0.2) is 0 Å². The van der Waals surface area contributed by atoms with Crippen LogP contribution in [-0.2, 0) is 10.8 Å². The molecule has 0 amide bonds. The largest absolute Gasteiger partial charge is 0.458 e. The lowest BCUT2D eigenvalue weighted by Gasteiger charge is -2.45. The van der Waals surface area contributed by atoms with Crippen LogP contribution in [0.3, 0.4) is 0 Å². The maximum atomic E-state index is 8.01. The molecule has 0 atom stereocenters. The Hall–Kier alpha value is -12.6. The first-order valence-corrected chi connectivity index (χ1v) is 36.8. The van der Waals surface area contributed by atoms with Gasteiger partial charge in [-0.3, -0.25) is 0 Å². The quantitative estimate of drug-likeness (QED) is 0.135. The Morgan fingerprint density at radius 2 is 0.638 bits per heavy atom. The highest BCUT2D eigenvalue weighted by Crippen LogP contribution is 2.54. The topological polar surface area (TPSA) is 29.9 Å². The van der Waals surface area contributed by atoms with E-state index < -0.39 is 0 Å². The Morgan fingerprint density at radius 1 is 0.257 bits per heavy atom. The Labute approximate surface area is 614 Å². The van der Waals surface area contributed by atoms with Gasteiger partial charge in [-0.05, 0) is 160 Å². The summed E-state index contributed by atoms with van der Waals surface area (Å²) in [4.78, 5) is 5.22. The van der Waals surface area contributed by atoms with Gasteiger partial charge in [-0.1, -0.05) is 308 Å². The predicted octanol–water partition coefficient (Wildman–Crippen LogP) is 22.2. The maximum absolute atomic E-state index is 8.01. The molecule has 0 radical (unpaired) electrons. The third-order valence-corrected chi connectivity index (χ3v) is 22.4. The third-order valence-electron chi connectivity index (χ3n) is 22.4. The summed E-state index contributed by atoms with van der Waals surface area (Å²) >= 11 is 0. The lowest BCUT2D eigenvalue weighted by Crippen LogP contribution is -2.63. The highest BCUT2D eigenvalue weighted by atomic mass is 16.5. The van der Waals surface area contributed by atoms with Crippen molar-refractivity contribution in [2.24, 2.45) is 0 Å². The molecule has 15 aromatic carbocycles. The molecule has 1 aromatic heterocycles. The maximum Gasteiger partial charge on any atom is 0.256 e. The second kappa shape index (κ2) is 24.0. The molecule has 0 bridgehead atoms. The smallest absolute Gasteiger partial charge is 0.256 e. The zero-order valence-electron chi connectivity index (χ0n) is 59.6. The van der Waals surface area contributed by atoms with Gasteiger partial charge in [0, 0.05) is 67.5 Å². The van der Waals surface area contributed by atoms with Crippen LogP contribution in [0.25, 0.3) is 94.3 Å². The van der Waals surface area contributed by atoms with Gasteiger partial charge in [0.25, 0.3) is 13.4 Å². The summed E-state index contributed by atoms with van der Waals surface area (Å²) in [6.07, 6.45) is 0. The molecule has 5 heterocycles. The fourth-order valence-corrected chi connectivity index (χ4v) is 17.3. The van der Waals surface area contributed by atoms with Crippen molar-refractivity contribution in [3.8, 4) is 95.4 Å². The fraction of sp³-hybridized carbons (Fsp3) is 0.0816. The van der Waals surface area contributed by atoms with E-state index in [1.54, 1.807) is 0 Å². The fourth-order valence-electron chi connectivity index (χ4n) is 17.3. The number of benzene rings is 15. The number of hydrogen-bond acceptors (Lipinski definition) is 4. The summed E-state index contributed by atoms with van der Waals surface area (Å²) in [5.74, 6) is 3.38. The van der Waals surface area contributed by atoms with Crippen molar-refractivity contribution >= 4 is 102 Å². The van der Waals surface area contributed by atoms with Gasteiger partial charge in [-0.15, -0.1) is 0 Å². The van der Waals surface area contributed by atoms with E-state index in [1.807, 2.05) is 0 Å². The standard InChI is InChI=1S/C98H73B2N3O2/c1-97(2,3)70-55-87-93-91(57-70)105-90-61-86-81(60-82(90)99(93)79-52-50-72(101-83-47-24-22-41-77(83)78-42-23-25-48-84(78)101)59-85(79)102(87)95-73(63-31-14-8-15-32-63)43-27-44-74(95)64-33-16-9-17-34-64)100-80-51-49-69(68-40-26-39-67(53-68)62-29-12-7-13-30-62)54-89(80)104-92-58-71(98(4,5)6)56-88(94(92)100)103(86)96-75(65-35-18-10-19-36-65)45-28-46-76(96)66-37-20-11-21-38-66/h7-61H,1-6H3. The van der Waals surface area contributed by atoms with E-state index in [1.165, 1.54) is 44.0 Å². The molecule has 4 aliphatic rings. The third kappa shape index (κ3) is 10.1. The van der Waals surface area contributed by atoms with Gasteiger partial charge in [0.2, 0.25) is 0 Å². The van der Waals surface area contributed by atoms with Crippen molar-refractivity contribution in [2.75, 3.05) is 9.80 Å². The lowest BCUT2D eigenvalue weighted by atomic mass is 9.31. The average Bonchev–Trinajstić information content (AvgIpc) is 1.04. The van der Waals surface area contributed by atoms with E-state index in [0.717, 1.165) is 151 Å². The molecule has 0 saturated heterocycles. The second-order valence-corrected chi connectivity index (χ2v) is 30.7. The zero-order chi connectivity index (χ0) is 70.4. The lowest BCUT2D eigenvalue weighted by molar-refractivity contribution is 0.483. The first-order valence-electron chi connectivity index (χ1n) is 36.8. The number of para-hydroxylation sites is 4. The van der Waals surface area contributed by atoms with E-state index >= 15 is 0 Å². The zero-order valence-corrected chi connectivity index (χ0v) is 59.6. The van der Waals surface area contributed by atoms with E-state index in [2.05, 4.69) is 390 Å². The molecule has 4 aliphatic heterocycles. The molecule has 5 nitrogen and oxygen atoms in total. The summed E-state index contributed by atoms with van der Waals surface area (Å²) < 4.78 is 18.1. The number of rotatable bonds is 9. The molecule has 0 fully saturated rings. The molecule has 498 valence electrons. The van der Waals surface area contributed by atoms with Gasteiger partial charge in [-0.25, -0.2) is 0 Å². The Bertz CT molecular complexity index is 6030. The van der Waals surface area contributed by atoms with Gasteiger partial charge in [0.05, 0.1) is 22.4 Å². The molecule has 0 aliphatic carbocycles. The summed E-state index contributed by atoms with van der Waals surface area (Å²) in [6, 6.07) is 124. The van der Waals surface area contributed by atoms with Crippen LogP contribution in [0.1, 0.15) is 52.7 Å². The molecular formula is C98H73B2N3O2. The number of ether oxygens (including phenoxy) is 2. The molecule has 0 saturated carbocycles. The molecule has 7 heteroatoms. The number of nitrogens with zero attached hydrogens (tertiary/aromatic N) is 3. The van der Waals surface area contributed by atoms with E-state index in [4.69, 9.17) is 9.47 Å². The van der Waals surface area contributed by atoms with Gasteiger partial charge in [-0.2, -0.15) is 0 Å². The van der Waals surface area contributed by atoms with Gasteiger partial charge >= 0.3 is 0 Å². The van der Waals surface area contributed by atoms with Crippen LogP contribution in [-0.4, -0.2) is 18.0 Å². The van der Waals surface area contributed by atoms with Crippen LogP contribution in [0.2, 0.25) is 0 Å². The van der Waals surface area contributed by atoms with Crippen LogP contribution >= 0.6 is 0 Å². The summed E-state index contributed by atoms with van der Waals surface area (Å²) in [6.45, 7) is 13.4. The highest BCUT2D eigenvalue weighted by molar-refractivity contribution is 7.02. The number of anilines is 6. The van der Waals surface area contributed by atoms with Crippen LogP contribution in [0.4, 0.5) is 34.1 Å². The van der Waals surface area contributed by atoms with E-state index in [9.17, 15) is 0 Å². The second-order valence-electron chi connectivity index (χ2n) is 30.7. The summed E-state index contributed by atoms with van der Waals surface area (Å²) in [7, 11) is 0. The minimum Gasteiger partial charge on any atom is -0.458 e. The monoisotopic (exact) mass is 1350 g/mol. The normalized spacial score (nSPS) is 13.1. The van der Waals surface area contributed by atoms with Gasteiger partial charge < -0.3 is 23.8 Å². The van der Waals surface area contributed by atoms with E-state index in [0.29, 0.717) is 0 Å². The molecule has 0 N–H and O–H groups in total. The minimum absolute atomic E-state index is 0.268. The Balaban J connectivity index is 0.897. The summed E-state index contributed by atoms with van der Waals surface area (Å²) in [5.41, 5.74) is 32.1. The Kier molecular flexibility index (Phi) is 14.2. The molecule has 16 aromatic rings.